The zero-order chi connectivity index (χ0) is 16.7. The summed E-state index contributed by atoms with van der Waals surface area (Å²) in [5.41, 5.74) is 0. The van der Waals surface area contributed by atoms with Crippen LogP contribution in [0.2, 0.25) is 0 Å². The highest BCUT2D eigenvalue weighted by Crippen LogP contribution is 2.24. The van der Waals surface area contributed by atoms with Gasteiger partial charge in [0.15, 0.2) is 18.1 Å². The van der Waals surface area contributed by atoms with Crippen molar-refractivity contribution in [1.82, 2.24) is 15.5 Å². The number of ether oxygens (including phenoxy) is 1. The molecule has 1 aliphatic rings. The topological polar surface area (TPSA) is 90.9 Å². The van der Waals surface area contributed by atoms with Gasteiger partial charge < -0.3 is 25.4 Å². The number of carbonyl (C=O) groups is 2. The Hall–Kier alpha value is -2.44. The lowest BCUT2D eigenvalue weighted by molar-refractivity contribution is -0.124. The van der Waals surface area contributed by atoms with Gasteiger partial charge in [0, 0.05) is 25.7 Å². The van der Waals surface area contributed by atoms with Crippen molar-refractivity contribution in [3.63, 3.8) is 0 Å². The van der Waals surface area contributed by atoms with E-state index in [4.69, 9.17) is 4.74 Å². The average Bonchev–Trinajstić information content (AvgIpc) is 2.55. The maximum atomic E-state index is 11.9. The molecule has 0 atom stereocenters. The Morgan fingerprint density at radius 3 is 2.65 bits per heavy atom. The molecule has 0 radical (unpaired) electrons. The Kier molecular flexibility index (Phi) is 6.08. The molecule has 1 saturated heterocycles. The molecule has 3 N–H and O–H groups in total. The molecule has 0 aromatic heterocycles. The van der Waals surface area contributed by atoms with Crippen LogP contribution in [0, 0.1) is 0 Å². The van der Waals surface area contributed by atoms with Gasteiger partial charge in [-0.25, -0.2) is 4.79 Å². The second kappa shape index (κ2) is 8.26. The zero-order valence-corrected chi connectivity index (χ0v) is 13.2. The Morgan fingerprint density at radius 1 is 1.30 bits per heavy atom. The zero-order valence-electron chi connectivity index (χ0n) is 13.2. The molecule has 2 rings (SSSR count). The van der Waals surface area contributed by atoms with Crippen LogP contribution < -0.4 is 15.4 Å². The van der Waals surface area contributed by atoms with Gasteiger partial charge in [0.1, 0.15) is 0 Å². The standard InChI is InChI=1S/C16H23N3O4/c1-2-17-16(22)19-9-7-12(8-10-19)18-15(21)11-23-14-6-4-3-5-13(14)20/h3-6,12,20H,2,7-11H2,1H3,(H,17,22)(H,18,21). The van der Waals surface area contributed by atoms with E-state index in [1.165, 1.54) is 6.07 Å². The van der Waals surface area contributed by atoms with Crippen molar-refractivity contribution in [1.29, 1.82) is 0 Å². The first-order valence-electron chi connectivity index (χ1n) is 7.83. The van der Waals surface area contributed by atoms with Crippen molar-refractivity contribution >= 4 is 11.9 Å². The number of hydrogen-bond acceptors (Lipinski definition) is 4. The summed E-state index contributed by atoms with van der Waals surface area (Å²) >= 11 is 0. The van der Waals surface area contributed by atoms with Gasteiger partial charge in [-0.1, -0.05) is 12.1 Å². The largest absolute Gasteiger partial charge is 0.504 e. The quantitative estimate of drug-likeness (QED) is 0.757. The molecule has 7 heteroatoms. The highest BCUT2D eigenvalue weighted by molar-refractivity contribution is 5.78. The number of phenols is 1. The highest BCUT2D eigenvalue weighted by atomic mass is 16.5. The van der Waals surface area contributed by atoms with Crippen LogP contribution in [0.5, 0.6) is 11.5 Å². The van der Waals surface area contributed by atoms with Crippen molar-refractivity contribution in [2.24, 2.45) is 0 Å². The number of amides is 3. The van der Waals surface area contributed by atoms with Crippen LogP contribution in [0.1, 0.15) is 19.8 Å². The monoisotopic (exact) mass is 321 g/mol. The predicted molar refractivity (Wildman–Crippen MR) is 85.4 cm³/mol. The van der Waals surface area contributed by atoms with Crippen molar-refractivity contribution < 1.29 is 19.4 Å². The molecule has 1 aromatic rings. The van der Waals surface area contributed by atoms with Crippen LogP contribution in [0.15, 0.2) is 24.3 Å². The molecule has 1 aromatic carbocycles. The van der Waals surface area contributed by atoms with Crippen molar-refractivity contribution in [2.45, 2.75) is 25.8 Å². The minimum Gasteiger partial charge on any atom is -0.504 e. The molecule has 0 spiro atoms. The molecule has 0 bridgehead atoms. The Labute approximate surface area is 135 Å². The number of piperidine rings is 1. The number of hydrogen-bond donors (Lipinski definition) is 3. The number of rotatable bonds is 5. The Morgan fingerprint density at radius 2 is 2.00 bits per heavy atom. The number of para-hydroxylation sites is 2. The Balaban J connectivity index is 1.71. The SMILES string of the molecule is CCNC(=O)N1CCC(NC(=O)COc2ccccc2O)CC1. The number of phenolic OH excluding ortho intramolecular Hbond substituents is 1. The third-order valence-corrected chi connectivity index (χ3v) is 3.70. The van der Waals surface area contributed by atoms with Crippen LogP contribution in [-0.4, -0.2) is 54.2 Å². The molecule has 7 nitrogen and oxygen atoms in total. The number of urea groups is 1. The van der Waals surface area contributed by atoms with E-state index in [0.29, 0.717) is 19.6 Å². The third kappa shape index (κ3) is 5.05. The van der Waals surface area contributed by atoms with Crippen LogP contribution in [-0.2, 0) is 4.79 Å². The summed E-state index contributed by atoms with van der Waals surface area (Å²) in [6, 6.07) is 6.51. The summed E-state index contributed by atoms with van der Waals surface area (Å²) in [5, 5.41) is 15.2. The molecule has 3 amide bonds. The van der Waals surface area contributed by atoms with Gasteiger partial charge in [-0.05, 0) is 31.9 Å². The molecule has 0 unspecified atom stereocenters. The smallest absolute Gasteiger partial charge is 0.317 e. The molecule has 0 aliphatic carbocycles. The number of likely N-dealkylation sites (tertiary alicyclic amines) is 1. The van der Waals surface area contributed by atoms with Crippen LogP contribution in [0.4, 0.5) is 4.79 Å². The predicted octanol–water partition coefficient (Wildman–Crippen LogP) is 1.08. The summed E-state index contributed by atoms with van der Waals surface area (Å²) in [6.45, 7) is 3.59. The highest BCUT2D eigenvalue weighted by Gasteiger charge is 2.23. The molecular weight excluding hydrogens is 298 g/mol. The normalized spacial score (nSPS) is 15.1. The molecule has 1 fully saturated rings. The van der Waals surface area contributed by atoms with E-state index in [1.807, 2.05) is 6.92 Å². The summed E-state index contributed by atoms with van der Waals surface area (Å²) < 4.78 is 5.29. The van der Waals surface area contributed by atoms with Crippen molar-refractivity contribution in [3.8, 4) is 11.5 Å². The van der Waals surface area contributed by atoms with Gasteiger partial charge in [0.25, 0.3) is 5.91 Å². The van der Waals surface area contributed by atoms with E-state index >= 15 is 0 Å². The molecule has 23 heavy (non-hydrogen) atoms. The summed E-state index contributed by atoms with van der Waals surface area (Å²) in [4.78, 5) is 25.4. The second-order valence-corrected chi connectivity index (χ2v) is 5.42. The molecule has 1 aliphatic heterocycles. The molecule has 0 saturated carbocycles. The summed E-state index contributed by atoms with van der Waals surface area (Å²) in [6.07, 6.45) is 1.44. The molecule has 1 heterocycles. The maximum Gasteiger partial charge on any atom is 0.317 e. The third-order valence-electron chi connectivity index (χ3n) is 3.70. The van der Waals surface area contributed by atoms with E-state index in [1.54, 1.807) is 23.1 Å². The minimum absolute atomic E-state index is 0.00976. The number of nitrogens with one attached hydrogen (secondary N) is 2. The van der Waals surface area contributed by atoms with Gasteiger partial charge in [-0.15, -0.1) is 0 Å². The van der Waals surface area contributed by atoms with Gasteiger partial charge in [-0.2, -0.15) is 0 Å². The first-order chi connectivity index (χ1) is 11.1. The second-order valence-electron chi connectivity index (χ2n) is 5.42. The number of aromatic hydroxyl groups is 1. The first kappa shape index (κ1) is 16.9. The minimum atomic E-state index is -0.232. The number of benzene rings is 1. The fourth-order valence-corrected chi connectivity index (χ4v) is 2.48. The van der Waals surface area contributed by atoms with Gasteiger partial charge in [0.2, 0.25) is 0 Å². The van der Waals surface area contributed by atoms with Crippen LogP contribution >= 0.6 is 0 Å². The number of carbonyl (C=O) groups excluding carboxylic acids is 2. The van der Waals surface area contributed by atoms with E-state index in [2.05, 4.69) is 10.6 Å². The van der Waals surface area contributed by atoms with Crippen LogP contribution in [0.3, 0.4) is 0 Å². The summed E-state index contributed by atoms with van der Waals surface area (Å²) in [7, 11) is 0. The lowest BCUT2D eigenvalue weighted by Gasteiger charge is -2.32. The van der Waals surface area contributed by atoms with Crippen molar-refractivity contribution in [3.05, 3.63) is 24.3 Å². The van der Waals surface area contributed by atoms with Gasteiger partial charge in [0.05, 0.1) is 0 Å². The van der Waals surface area contributed by atoms with Gasteiger partial charge in [-0.3, -0.25) is 4.79 Å². The fraction of sp³-hybridized carbons (Fsp3) is 0.500. The van der Waals surface area contributed by atoms with Gasteiger partial charge >= 0.3 is 6.03 Å². The van der Waals surface area contributed by atoms with E-state index in [9.17, 15) is 14.7 Å². The van der Waals surface area contributed by atoms with E-state index in [0.717, 1.165) is 12.8 Å². The molecule has 126 valence electrons. The summed E-state index contributed by atoms with van der Waals surface area (Å²) in [5.74, 6) is 0.0639. The fourth-order valence-electron chi connectivity index (χ4n) is 2.48. The first-order valence-corrected chi connectivity index (χ1v) is 7.83. The van der Waals surface area contributed by atoms with E-state index in [-0.39, 0.29) is 36.1 Å². The van der Waals surface area contributed by atoms with E-state index < -0.39 is 0 Å². The molecular formula is C16H23N3O4. The van der Waals surface area contributed by atoms with Crippen LogP contribution in [0.25, 0.3) is 0 Å². The lowest BCUT2D eigenvalue weighted by Crippen LogP contribution is -2.50. The lowest BCUT2D eigenvalue weighted by atomic mass is 10.1. The Bertz CT molecular complexity index is 542. The number of nitrogens with zero attached hydrogens (tertiary/aromatic N) is 1. The maximum absolute atomic E-state index is 11.9. The van der Waals surface area contributed by atoms with Crippen molar-refractivity contribution in [2.75, 3.05) is 26.2 Å². The average molecular weight is 321 g/mol.